The van der Waals surface area contributed by atoms with Gasteiger partial charge in [-0.05, 0) is 31.0 Å². The van der Waals surface area contributed by atoms with Crippen molar-refractivity contribution in [3.8, 4) is 0 Å². The summed E-state index contributed by atoms with van der Waals surface area (Å²) in [5.74, 6) is -0.141. The number of benzene rings is 1. The number of aryl methyl sites for hydroxylation is 1. The quantitative estimate of drug-likeness (QED) is 0.903. The lowest BCUT2D eigenvalue weighted by Gasteiger charge is -2.12. The molecule has 106 valence electrons. The molecule has 1 N–H and O–H groups in total. The van der Waals surface area contributed by atoms with Crippen LogP contribution in [0.3, 0.4) is 0 Å². The van der Waals surface area contributed by atoms with Crippen LogP contribution in [0.25, 0.3) is 0 Å². The molecule has 1 atom stereocenters. The Labute approximate surface area is 117 Å². The number of nitrogens with one attached hydrogen (secondary N) is 1. The second-order valence-corrected chi connectivity index (χ2v) is 8.97. The Kier molecular flexibility index (Phi) is 3.92. The lowest BCUT2D eigenvalue weighted by atomic mass is 10.2. The molecular formula is C11H14ClNO4S2. The Morgan fingerprint density at radius 2 is 2.05 bits per heavy atom. The van der Waals surface area contributed by atoms with Gasteiger partial charge in [-0.25, -0.2) is 21.6 Å². The zero-order chi connectivity index (χ0) is 14.3. The number of halogens is 1. The summed E-state index contributed by atoms with van der Waals surface area (Å²) in [6, 6.07) is 4.05. The van der Waals surface area contributed by atoms with E-state index in [1.165, 1.54) is 6.07 Å². The normalized spacial score (nSPS) is 22.5. The van der Waals surface area contributed by atoms with Gasteiger partial charge >= 0.3 is 0 Å². The first kappa shape index (κ1) is 14.8. The minimum absolute atomic E-state index is 0.0157. The highest BCUT2D eigenvalue weighted by molar-refractivity contribution is 7.92. The predicted octanol–water partition coefficient (Wildman–Crippen LogP) is 1.11. The van der Waals surface area contributed by atoms with Crippen LogP contribution in [0.1, 0.15) is 12.0 Å². The van der Waals surface area contributed by atoms with Gasteiger partial charge in [0.25, 0.3) is 0 Å². The van der Waals surface area contributed by atoms with Gasteiger partial charge in [-0.2, -0.15) is 0 Å². The molecule has 0 bridgehead atoms. The lowest BCUT2D eigenvalue weighted by molar-refractivity contribution is 0.562. The number of hydrogen-bond donors (Lipinski definition) is 1. The Balaban J connectivity index is 2.24. The van der Waals surface area contributed by atoms with Crippen LogP contribution in [0, 0.1) is 6.92 Å². The molecular weight excluding hydrogens is 310 g/mol. The number of hydrogen-bond acceptors (Lipinski definition) is 4. The molecule has 1 fully saturated rings. The molecule has 0 aliphatic carbocycles. The summed E-state index contributed by atoms with van der Waals surface area (Å²) < 4.78 is 49.3. The van der Waals surface area contributed by atoms with Crippen molar-refractivity contribution in [1.82, 2.24) is 4.72 Å². The Bertz CT molecular complexity index is 697. The molecule has 0 saturated carbocycles. The highest BCUT2D eigenvalue weighted by Gasteiger charge is 2.32. The van der Waals surface area contributed by atoms with E-state index in [2.05, 4.69) is 4.72 Å². The zero-order valence-electron chi connectivity index (χ0n) is 10.3. The van der Waals surface area contributed by atoms with Gasteiger partial charge in [0.2, 0.25) is 10.0 Å². The standard InChI is InChI=1S/C11H14ClNO4S2/c1-8-2-3-11(10(12)6-8)19(16,17)13-9-4-5-18(14,15)7-9/h2-3,6,9,13H,4-5,7H2,1H3. The van der Waals surface area contributed by atoms with Gasteiger partial charge in [0.15, 0.2) is 9.84 Å². The van der Waals surface area contributed by atoms with Crippen LogP contribution in [-0.4, -0.2) is 34.4 Å². The van der Waals surface area contributed by atoms with Crippen molar-refractivity contribution in [3.05, 3.63) is 28.8 Å². The van der Waals surface area contributed by atoms with Crippen molar-refractivity contribution in [1.29, 1.82) is 0 Å². The average Bonchev–Trinajstić information content (AvgIpc) is 2.56. The third-order valence-electron chi connectivity index (χ3n) is 2.93. The fourth-order valence-corrected chi connectivity index (χ4v) is 5.64. The maximum Gasteiger partial charge on any atom is 0.242 e. The summed E-state index contributed by atoms with van der Waals surface area (Å²) >= 11 is 5.92. The van der Waals surface area contributed by atoms with Crippen LogP contribution in [0.15, 0.2) is 23.1 Å². The molecule has 5 nitrogen and oxygen atoms in total. The van der Waals surface area contributed by atoms with Crippen LogP contribution in [0.2, 0.25) is 5.02 Å². The van der Waals surface area contributed by atoms with Crippen molar-refractivity contribution in [2.45, 2.75) is 24.3 Å². The monoisotopic (exact) mass is 323 g/mol. The van der Waals surface area contributed by atoms with Gasteiger partial charge in [0, 0.05) is 6.04 Å². The molecule has 0 aromatic heterocycles. The third-order valence-corrected chi connectivity index (χ3v) is 6.70. The highest BCUT2D eigenvalue weighted by Crippen LogP contribution is 2.23. The van der Waals surface area contributed by atoms with Crippen LogP contribution >= 0.6 is 11.6 Å². The number of sulfonamides is 1. The fraction of sp³-hybridized carbons (Fsp3) is 0.455. The van der Waals surface area contributed by atoms with Crippen molar-refractivity contribution >= 4 is 31.5 Å². The Hall–Kier alpha value is -0.630. The Morgan fingerprint density at radius 1 is 1.37 bits per heavy atom. The minimum atomic E-state index is -3.79. The van der Waals surface area contributed by atoms with E-state index in [1.54, 1.807) is 19.1 Å². The molecule has 1 aliphatic rings. The molecule has 0 spiro atoms. The summed E-state index contributed by atoms with van der Waals surface area (Å²) in [4.78, 5) is -0.0240. The van der Waals surface area contributed by atoms with Crippen LogP contribution in [-0.2, 0) is 19.9 Å². The molecule has 8 heteroatoms. The topological polar surface area (TPSA) is 80.3 Å². The van der Waals surface area contributed by atoms with E-state index in [0.717, 1.165) is 5.56 Å². The first-order valence-electron chi connectivity index (χ1n) is 5.68. The largest absolute Gasteiger partial charge is 0.242 e. The first-order chi connectivity index (χ1) is 8.70. The van der Waals surface area contributed by atoms with Crippen LogP contribution in [0.5, 0.6) is 0 Å². The summed E-state index contributed by atoms with van der Waals surface area (Å²) in [6.07, 6.45) is 0.297. The van der Waals surface area contributed by atoms with Crippen molar-refractivity contribution in [3.63, 3.8) is 0 Å². The van der Waals surface area contributed by atoms with Crippen molar-refractivity contribution in [2.75, 3.05) is 11.5 Å². The predicted molar refractivity (Wildman–Crippen MR) is 73.6 cm³/mol. The second kappa shape index (κ2) is 5.05. The molecule has 0 radical (unpaired) electrons. The third kappa shape index (κ3) is 3.47. The van der Waals surface area contributed by atoms with E-state index in [-0.39, 0.29) is 21.4 Å². The first-order valence-corrected chi connectivity index (χ1v) is 9.37. The van der Waals surface area contributed by atoms with Gasteiger partial charge in [0.05, 0.1) is 16.5 Å². The van der Waals surface area contributed by atoms with Crippen LogP contribution < -0.4 is 4.72 Å². The zero-order valence-corrected chi connectivity index (χ0v) is 12.6. The summed E-state index contributed by atoms with van der Waals surface area (Å²) in [7, 11) is -6.91. The van der Waals surface area contributed by atoms with E-state index in [9.17, 15) is 16.8 Å². The molecule has 0 amide bonds. The highest BCUT2D eigenvalue weighted by atomic mass is 35.5. The van der Waals surface area contributed by atoms with Crippen molar-refractivity contribution in [2.24, 2.45) is 0 Å². The van der Waals surface area contributed by atoms with E-state index >= 15 is 0 Å². The molecule has 1 heterocycles. The molecule has 2 rings (SSSR count). The summed E-state index contributed by atoms with van der Waals surface area (Å²) in [5, 5.41) is 0.133. The molecule has 1 saturated heterocycles. The second-order valence-electron chi connectivity index (χ2n) is 4.66. The fourth-order valence-electron chi connectivity index (χ4n) is 1.99. The van der Waals surface area contributed by atoms with Gasteiger partial charge in [0.1, 0.15) is 4.90 Å². The van der Waals surface area contributed by atoms with Gasteiger partial charge in [-0.15, -0.1) is 0 Å². The minimum Gasteiger partial charge on any atom is -0.229 e. The van der Waals surface area contributed by atoms with Gasteiger partial charge in [-0.3, -0.25) is 0 Å². The maximum atomic E-state index is 12.1. The summed E-state index contributed by atoms with van der Waals surface area (Å²) in [6.45, 7) is 1.80. The van der Waals surface area contributed by atoms with E-state index < -0.39 is 25.9 Å². The van der Waals surface area contributed by atoms with E-state index in [4.69, 9.17) is 11.6 Å². The molecule has 1 aliphatic heterocycles. The molecule has 1 aromatic rings. The number of rotatable bonds is 3. The summed E-state index contributed by atoms with van der Waals surface area (Å²) in [5.41, 5.74) is 0.854. The lowest BCUT2D eigenvalue weighted by Crippen LogP contribution is -2.35. The Morgan fingerprint density at radius 3 is 2.58 bits per heavy atom. The van der Waals surface area contributed by atoms with Gasteiger partial charge in [-0.1, -0.05) is 17.7 Å². The van der Waals surface area contributed by atoms with Gasteiger partial charge < -0.3 is 0 Å². The smallest absolute Gasteiger partial charge is 0.229 e. The molecule has 1 aromatic carbocycles. The van der Waals surface area contributed by atoms with E-state index in [0.29, 0.717) is 6.42 Å². The van der Waals surface area contributed by atoms with E-state index in [1.807, 2.05) is 0 Å². The average molecular weight is 324 g/mol. The molecule has 19 heavy (non-hydrogen) atoms. The van der Waals surface area contributed by atoms with Crippen molar-refractivity contribution < 1.29 is 16.8 Å². The maximum absolute atomic E-state index is 12.1. The SMILES string of the molecule is Cc1ccc(S(=O)(=O)NC2CCS(=O)(=O)C2)c(Cl)c1. The van der Waals surface area contributed by atoms with Crippen LogP contribution in [0.4, 0.5) is 0 Å². The number of sulfone groups is 1. The molecule has 1 unspecified atom stereocenters.